The van der Waals surface area contributed by atoms with Crippen LogP contribution < -0.4 is 4.72 Å². The molecule has 0 fully saturated rings. The second-order valence-corrected chi connectivity index (χ2v) is 6.69. The van der Waals surface area contributed by atoms with Crippen LogP contribution in [0.4, 0.5) is 0 Å². The van der Waals surface area contributed by atoms with Crippen molar-refractivity contribution in [3.05, 3.63) is 24.3 Å². The van der Waals surface area contributed by atoms with Gasteiger partial charge in [0, 0.05) is 10.1 Å². The minimum atomic E-state index is -3.36. The Balaban J connectivity index is 2.84. The van der Waals surface area contributed by atoms with Gasteiger partial charge in [-0.15, -0.1) is 11.8 Å². The summed E-state index contributed by atoms with van der Waals surface area (Å²) >= 11 is 1.51. The van der Waals surface area contributed by atoms with Gasteiger partial charge in [-0.05, 0) is 31.3 Å². The van der Waals surface area contributed by atoms with Crippen LogP contribution in [-0.2, 0) is 10.0 Å². The quantitative estimate of drug-likeness (QED) is 0.778. The van der Waals surface area contributed by atoms with Crippen molar-refractivity contribution in [2.45, 2.75) is 22.0 Å². The van der Waals surface area contributed by atoms with E-state index in [1.807, 2.05) is 6.92 Å². The van der Waals surface area contributed by atoms with E-state index < -0.39 is 10.0 Å². The highest BCUT2D eigenvalue weighted by molar-refractivity contribution is 8.00. The molecule has 1 unspecified atom stereocenters. The minimum Gasteiger partial charge on any atom is -0.395 e. The lowest BCUT2D eigenvalue weighted by Gasteiger charge is -2.08. The Kier molecular flexibility index (Phi) is 4.79. The van der Waals surface area contributed by atoms with Gasteiger partial charge in [0.25, 0.3) is 0 Å². The zero-order valence-corrected chi connectivity index (χ0v) is 10.8. The Hall–Kier alpha value is -0.560. The fourth-order valence-electron chi connectivity index (χ4n) is 1.08. The van der Waals surface area contributed by atoms with Gasteiger partial charge in [0.1, 0.15) is 0 Å². The fourth-order valence-corrected chi connectivity index (χ4v) is 2.65. The van der Waals surface area contributed by atoms with Crippen molar-refractivity contribution in [3.63, 3.8) is 0 Å². The maximum Gasteiger partial charge on any atom is 0.240 e. The van der Waals surface area contributed by atoms with Crippen LogP contribution in [0.25, 0.3) is 0 Å². The summed E-state index contributed by atoms with van der Waals surface area (Å²) in [5.74, 6) is 0. The first-order chi connectivity index (χ1) is 7.49. The number of benzene rings is 1. The maximum absolute atomic E-state index is 11.4. The molecule has 6 heteroatoms. The Morgan fingerprint density at radius 2 is 1.94 bits per heavy atom. The molecule has 0 heterocycles. The second-order valence-electron chi connectivity index (χ2n) is 3.29. The minimum absolute atomic E-state index is 0.0984. The van der Waals surface area contributed by atoms with Crippen molar-refractivity contribution in [2.75, 3.05) is 13.7 Å². The third-order valence-corrected chi connectivity index (χ3v) is 4.52. The van der Waals surface area contributed by atoms with Gasteiger partial charge in [0.15, 0.2) is 0 Å². The van der Waals surface area contributed by atoms with E-state index in [-0.39, 0.29) is 16.8 Å². The molecule has 1 aromatic carbocycles. The molecule has 0 saturated heterocycles. The zero-order valence-electron chi connectivity index (χ0n) is 9.17. The van der Waals surface area contributed by atoms with Crippen LogP contribution in [0, 0.1) is 0 Å². The molecule has 0 aromatic heterocycles. The molecule has 0 aliphatic heterocycles. The standard InChI is InChI=1S/C10H15NO3S2/c1-8(7-12)15-9-3-5-10(6-4-9)16(13,14)11-2/h3-6,8,11-12H,7H2,1-2H3. The third-order valence-electron chi connectivity index (χ3n) is 2.00. The normalized spacial score (nSPS) is 13.7. The van der Waals surface area contributed by atoms with Crippen molar-refractivity contribution in [1.29, 1.82) is 0 Å². The molecule has 90 valence electrons. The van der Waals surface area contributed by atoms with E-state index in [1.165, 1.54) is 18.8 Å². The molecule has 1 aromatic rings. The number of nitrogens with one attached hydrogen (secondary N) is 1. The first-order valence-electron chi connectivity index (χ1n) is 4.80. The molecular formula is C10H15NO3S2. The summed E-state index contributed by atoms with van der Waals surface area (Å²) in [6, 6.07) is 6.58. The molecule has 0 amide bonds. The number of hydrogen-bond donors (Lipinski definition) is 2. The number of aliphatic hydroxyl groups excluding tert-OH is 1. The first kappa shape index (κ1) is 13.5. The second kappa shape index (κ2) is 5.67. The van der Waals surface area contributed by atoms with Crippen LogP contribution in [0.5, 0.6) is 0 Å². The molecule has 0 aliphatic rings. The summed E-state index contributed by atoms with van der Waals surface area (Å²) in [4.78, 5) is 1.19. The van der Waals surface area contributed by atoms with Crippen molar-refractivity contribution in [2.24, 2.45) is 0 Å². The molecule has 16 heavy (non-hydrogen) atoms. The summed E-state index contributed by atoms with van der Waals surface area (Å²) in [7, 11) is -1.98. The van der Waals surface area contributed by atoms with Crippen molar-refractivity contribution >= 4 is 21.8 Å². The van der Waals surface area contributed by atoms with Crippen LogP contribution in [-0.4, -0.2) is 32.4 Å². The van der Waals surface area contributed by atoms with Crippen LogP contribution in [0.3, 0.4) is 0 Å². The summed E-state index contributed by atoms with van der Waals surface area (Å²) in [5.41, 5.74) is 0. The molecule has 1 atom stereocenters. The monoisotopic (exact) mass is 261 g/mol. The van der Waals surface area contributed by atoms with E-state index >= 15 is 0 Å². The zero-order chi connectivity index (χ0) is 12.2. The molecule has 0 saturated carbocycles. The highest BCUT2D eigenvalue weighted by Crippen LogP contribution is 2.23. The average molecular weight is 261 g/mol. The van der Waals surface area contributed by atoms with Gasteiger partial charge in [-0.2, -0.15) is 0 Å². The van der Waals surface area contributed by atoms with Gasteiger partial charge >= 0.3 is 0 Å². The lowest BCUT2D eigenvalue weighted by atomic mass is 10.4. The van der Waals surface area contributed by atoms with Gasteiger partial charge < -0.3 is 5.11 Å². The van der Waals surface area contributed by atoms with Crippen LogP contribution >= 0.6 is 11.8 Å². The number of thioether (sulfide) groups is 1. The Morgan fingerprint density at radius 1 is 1.38 bits per heavy atom. The molecule has 0 radical (unpaired) electrons. The van der Waals surface area contributed by atoms with E-state index in [9.17, 15) is 8.42 Å². The highest BCUT2D eigenvalue weighted by Gasteiger charge is 2.11. The van der Waals surface area contributed by atoms with Crippen molar-refractivity contribution in [1.82, 2.24) is 4.72 Å². The number of sulfonamides is 1. The van der Waals surface area contributed by atoms with E-state index in [1.54, 1.807) is 24.3 Å². The van der Waals surface area contributed by atoms with Gasteiger partial charge in [0.05, 0.1) is 11.5 Å². The molecule has 1 rings (SSSR count). The van der Waals surface area contributed by atoms with Gasteiger partial charge in [-0.25, -0.2) is 13.1 Å². The van der Waals surface area contributed by atoms with E-state index in [0.717, 1.165) is 4.90 Å². The Morgan fingerprint density at radius 3 is 2.38 bits per heavy atom. The molecule has 4 nitrogen and oxygen atoms in total. The summed E-state index contributed by atoms with van der Waals surface area (Å²) in [6.07, 6.45) is 0. The van der Waals surface area contributed by atoms with E-state index in [4.69, 9.17) is 5.11 Å². The van der Waals surface area contributed by atoms with Crippen LogP contribution in [0.1, 0.15) is 6.92 Å². The smallest absolute Gasteiger partial charge is 0.240 e. The lowest BCUT2D eigenvalue weighted by Crippen LogP contribution is -2.18. The topological polar surface area (TPSA) is 66.4 Å². The highest BCUT2D eigenvalue weighted by atomic mass is 32.2. The average Bonchev–Trinajstić information content (AvgIpc) is 2.29. The SMILES string of the molecule is CNS(=O)(=O)c1ccc(SC(C)CO)cc1. The van der Waals surface area contributed by atoms with E-state index in [2.05, 4.69) is 4.72 Å². The summed E-state index contributed by atoms with van der Waals surface area (Å²) in [6.45, 7) is 2.00. The molecule has 0 spiro atoms. The summed E-state index contributed by atoms with van der Waals surface area (Å²) < 4.78 is 25.1. The molecule has 0 bridgehead atoms. The number of aliphatic hydroxyl groups is 1. The fraction of sp³-hybridized carbons (Fsp3) is 0.400. The predicted molar refractivity (Wildman–Crippen MR) is 65.1 cm³/mol. The lowest BCUT2D eigenvalue weighted by molar-refractivity contribution is 0.300. The Bertz CT molecular complexity index is 428. The molecule has 2 N–H and O–H groups in total. The van der Waals surface area contributed by atoms with E-state index in [0.29, 0.717) is 0 Å². The molecule has 0 aliphatic carbocycles. The third kappa shape index (κ3) is 3.48. The van der Waals surface area contributed by atoms with Crippen molar-refractivity contribution < 1.29 is 13.5 Å². The number of hydrogen-bond acceptors (Lipinski definition) is 4. The Labute approximate surface area is 100 Å². The molecular weight excluding hydrogens is 246 g/mol. The first-order valence-corrected chi connectivity index (χ1v) is 7.17. The number of rotatable bonds is 5. The van der Waals surface area contributed by atoms with Crippen molar-refractivity contribution in [3.8, 4) is 0 Å². The predicted octanol–water partition coefficient (Wildman–Crippen LogP) is 1.07. The van der Waals surface area contributed by atoms with Gasteiger partial charge in [0.2, 0.25) is 10.0 Å². The maximum atomic E-state index is 11.4. The van der Waals surface area contributed by atoms with Gasteiger partial charge in [-0.3, -0.25) is 0 Å². The van der Waals surface area contributed by atoms with Crippen LogP contribution in [0.2, 0.25) is 0 Å². The largest absolute Gasteiger partial charge is 0.395 e. The van der Waals surface area contributed by atoms with Crippen LogP contribution in [0.15, 0.2) is 34.1 Å². The summed E-state index contributed by atoms with van der Waals surface area (Å²) in [5, 5.41) is 8.99. The van der Waals surface area contributed by atoms with Gasteiger partial charge in [-0.1, -0.05) is 6.92 Å².